The summed E-state index contributed by atoms with van der Waals surface area (Å²) >= 11 is 0. The van der Waals surface area contributed by atoms with Gasteiger partial charge in [0, 0.05) is 0 Å². The van der Waals surface area contributed by atoms with Crippen LogP contribution in [0.3, 0.4) is 0 Å². The number of hydrogen-bond donors (Lipinski definition) is 1. The molecule has 0 spiro atoms. The van der Waals surface area contributed by atoms with E-state index in [9.17, 15) is 22.8 Å². The van der Waals surface area contributed by atoms with E-state index >= 15 is 0 Å². The molecule has 0 aromatic heterocycles. The molecular formula is C18H24F3N3O2. The van der Waals surface area contributed by atoms with E-state index in [-0.39, 0.29) is 17.9 Å². The minimum Gasteiger partial charge on any atom is -0.324 e. The molecule has 1 heterocycles. The van der Waals surface area contributed by atoms with Gasteiger partial charge >= 0.3 is 6.18 Å². The summed E-state index contributed by atoms with van der Waals surface area (Å²) in [6.45, 7) is 5.05. The summed E-state index contributed by atoms with van der Waals surface area (Å²) in [4.78, 5) is 27.4. The van der Waals surface area contributed by atoms with Crippen molar-refractivity contribution < 1.29 is 22.8 Å². The summed E-state index contributed by atoms with van der Waals surface area (Å²) in [5.74, 6) is -1.41. The Morgan fingerprint density at radius 1 is 1.23 bits per heavy atom. The summed E-state index contributed by atoms with van der Waals surface area (Å²) in [6.07, 6.45) is -3.92. The fourth-order valence-corrected chi connectivity index (χ4v) is 3.17. The van der Waals surface area contributed by atoms with Crippen molar-refractivity contribution in [2.45, 2.75) is 45.3 Å². The summed E-state index contributed by atoms with van der Waals surface area (Å²) in [5, 5.41) is 2.47. The second kappa shape index (κ2) is 8.53. The zero-order chi connectivity index (χ0) is 19.3. The van der Waals surface area contributed by atoms with Gasteiger partial charge in [0.2, 0.25) is 11.8 Å². The van der Waals surface area contributed by atoms with Crippen LogP contribution in [0.25, 0.3) is 0 Å². The first-order valence-corrected chi connectivity index (χ1v) is 8.77. The van der Waals surface area contributed by atoms with Crippen LogP contribution in [0.4, 0.5) is 24.5 Å². The molecule has 1 aromatic carbocycles. The maximum absolute atomic E-state index is 13.6. The van der Waals surface area contributed by atoms with E-state index in [2.05, 4.69) is 5.32 Å². The first kappa shape index (κ1) is 20.2. The van der Waals surface area contributed by atoms with Crippen LogP contribution in [0.15, 0.2) is 24.3 Å². The Labute approximate surface area is 151 Å². The normalized spacial score (nSPS) is 17.7. The topological polar surface area (TPSA) is 52.7 Å². The third-order valence-corrected chi connectivity index (χ3v) is 4.21. The second-order valence-electron chi connectivity index (χ2n) is 6.37. The molecule has 0 saturated carbocycles. The van der Waals surface area contributed by atoms with E-state index in [1.54, 1.807) is 12.1 Å². The number of nitrogens with one attached hydrogen (secondary N) is 1. The van der Waals surface area contributed by atoms with Gasteiger partial charge < -0.3 is 5.32 Å². The molecule has 0 radical (unpaired) electrons. The highest BCUT2D eigenvalue weighted by molar-refractivity contribution is 6.05. The molecule has 26 heavy (non-hydrogen) atoms. The average Bonchev–Trinajstić information content (AvgIpc) is 2.70. The standard InChI is InChI=1S/C18H24F3N3O2/c1-3-9-23(10-4-2)12-17(26)24-14-8-6-5-7-13(14)22-16(25)11-15(24)18(19,20)21/h5-8,15H,3-4,9-12H2,1-2H3,(H,22,25)/t15-/m0/s1. The van der Waals surface area contributed by atoms with Crippen LogP contribution in [-0.4, -0.2) is 48.6 Å². The molecule has 1 aliphatic rings. The predicted octanol–water partition coefficient (Wildman–Crippen LogP) is 3.41. The lowest BCUT2D eigenvalue weighted by molar-refractivity contribution is -0.158. The number of para-hydroxylation sites is 2. The van der Waals surface area contributed by atoms with Crippen molar-refractivity contribution in [2.75, 3.05) is 29.9 Å². The summed E-state index contributed by atoms with van der Waals surface area (Å²) in [6, 6.07) is 3.92. The SMILES string of the molecule is CCCN(CCC)CC(=O)N1c2ccccc2NC(=O)C[C@H]1C(F)(F)F. The lowest BCUT2D eigenvalue weighted by Crippen LogP contribution is -2.52. The molecule has 5 nitrogen and oxygen atoms in total. The van der Waals surface area contributed by atoms with Gasteiger partial charge in [-0.2, -0.15) is 13.2 Å². The van der Waals surface area contributed by atoms with Crippen LogP contribution in [0.5, 0.6) is 0 Å². The van der Waals surface area contributed by atoms with Crippen molar-refractivity contribution >= 4 is 23.2 Å². The lowest BCUT2D eigenvalue weighted by atomic mass is 10.1. The molecule has 144 valence electrons. The van der Waals surface area contributed by atoms with Crippen molar-refractivity contribution in [1.29, 1.82) is 0 Å². The molecule has 0 fully saturated rings. The smallest absolute Gasteiger partial charge is 0.324 e. The van der Waals surface area contributed by atoms with Crippen molar-refractivity contribution in [3.8, 4) is 0 Å². The van der Waals surface area contributed by atoms with Gasteiger partial charge in [-0.25, -0.2) is 0 Å². The average molecular weight is 371 g/mol. The molecule has 0 unspecified atom stereocenters. The number of amides is 2. The van der Waals surface area contributed by atoms with Crippen molar-refractivity contribution in [2.24, 2.45) is 0 Å². The minimum absolute atomic E-state index is 0.0821. The Morgan fingerprint density at radius 2 is 1.85 bits per heavy atom. The Morgan fingerprint density at radius 3 is 2.42 bits per heavy atom. The number of carbonyl (C=O) groups excluding carboxylic acids is 2. The largest absolute Gasteiger partial charge is 0.409 e. The molecule has 1 aromatic rings. The Balaban J connectivity index is 2.41. The number of fused-ring (bicyclic) bond motifs is 1. The van der Waals surface area contributed by atoms with Crippen LogP contribution < -0.4 is 10.2 Å². The van der Waals surface area contributed by atoms with Gasteiger partial charge in [-0.05, 0) is 38.1 Å². The Kier molecular flexibility index (Phi) is 6.63. The van der Waals surface area contributed by atoms with Crippen LogP contribution >= 0.6 is 0 Å². The minimum atomic E-state index is -4.70. The first-order valence-electron chi connectivity index (χ1n) is 8.77. The number of halogens is 3. The molecule has 1 aliphatic heterocycles. The molecule has 1 atom stereocenters. The quantitative estimate of drug-likeness (QED) is 0.834. The van der Waals surface area contributed by atoms with Crippen molar-refractivity contribution in [1.82, 2.24) is 4.90 Å². The summed E-state index contributed by atoms with van der Waals surface area (Å²) < 4.78 is 40.9. The monoisotopic (exact) mass is 371 g/mol. The molecule has 2 amide bonds. The predicted molar refractivity (Wildman–Crippen MR) is 94.0 cm³/mol. The Bertz CT molecular complexity index is 643. The highest BCUT2D eigenvalue weighted by atomic mass is 19.4. The summed E-state index contributed by atoms with van der Waals surface area (Å²) in [5.41, 5.74) is 0.300. The number of nitrogens with zero attached hydrogens (tertiary/aromatic N) is 2. The highest BCUT2D eigenvalue weighted by Crippen LogP contribution is 2.37. The molecule has 0 saturated heterocycles. The van der Waals surface area contributed by atoms with Gasteiger partial charge in [0.1, 0.15) is 6.04 Å². The van der Waals surface area contributed by atoms with E-state index in [1.165, 1.54) is 12.1 Å². The lowest BCUT2D eigenvalue weighted by Gasteiger charge is -2.33. The maximum atomic E-state index is 13.6. The third-order valence-electron chi connectivity index (χ3n) is 4.21. The number of rotatable bonds is 6. The van der Waals surface area contributed by atoms with Crippen molar-refractivity contribution in [3.05, 3.63) is 24.3 Å². The molecule has 2 rings (SSSR count). The number of benzene rings is 1. The van der Waals surface area contributed by atoms with E-state index in [4.69, 9.17) is 0 Å². The maximum Gasteiger partial charge on any atom is 0.409 e. The van der Waals surface area contributed by atoms with E-state index in [0.717, 1.165) is 17.7 Å². The second-order valence-corrected chi connectivity index (χ2v) is 6.37. The number of hydrogen-bond acceptors (Lipinski definition) is 3. The first-order chi connectivity index (χ1) is 12.3. The highest BCUT2D eigenvalue weighted by Gasteiger charge is 2.49. The molecular weight excluding hydrogens is 347 g/mol. The number of anilines is 2. The zero-order valence-corrected chi connectivity index (χ0v) is 15.0. The van der Waals surface area contributed by atoms with Crippen LogP contribution in [0.2, 0.25) is 0 Å². The van der Waals surface area contributed by atoms with Crippen molar-refractivity contribution in [3.63, 3.8) is 0 Å². The van der Waals surface area contributed by atoms with Crippen LogP contribution in [0.1, 0.15) is 33.1 Å². The van der Waals surface area contributed by atoms with Gasteiger partial charge in [0.25, 0.3) is 0 Å². The van der Waals surface area contributed by atoms with E-state index in [1.807, 2.05) is 18.7 Å². The number of carbonyl (C=O) groups is 2. The summed E-state index contributed by atoms with van der Waals surface area (Å²) in [7, 11) is 0. The van der Waals surface area contributed by atoms with Gasteiger partial charge in [-0.15, -0.1) is 0 Å². The number of alkyl halides is 3. The van der Waals surface area contributed by atoms with Gasteiger partial charge in [0.05, 0.1) is 24.3 Å². The van der Waals surface area contributed by atoms with Gasteiger partial charge in [-0.3, -0.25) is 19.4 Å². The third kappa shape index (κ3) is 4.75. The van der Waals surface area contributed by atoms with E-state index < -0.39 is 30.5 Å². The fourth-order valence-electron chi connectivity index (χ4n) is 3.17. The van der Waals surface area contributed by atoms with Crippen LogP contribution in [-0.2, 0) is 9.59 Å². The fraction of sp³-hybridized carbons (Fsp3) is 0.556. The zero-order valence-electron chi connectivity index (χ0n) is 15.0. The molecule has 1 N–H and O–H groups in total. The van der Waals surface area contributed by atoms with Crippen LogP contribution in [0, 0.1) is 0 Å². The van der Waals surface area contributed by atoms with Gasteiger partial charge in [-0.1, -0.05) is 26.0 Å². The van der Waals surface area contributed by atoms with E-state index in [0.29, 0.717) is 13.1 Å². The molecule has 0 bridgehead atoms. The molecule has 8 heteroatoms. The Hall–Kier alpha value is -2.09. The molecule has 0 aliphatic carbocycles. The van der Waals surface area contributed by atoms with Gasteiger partial charge in [0.15, 0.2) is 0 Å².